The van der Waals surface area contributed by atoms with Crippen LogP contribution in [0.4, 0.5) is 0 Å². The summed E-state index contributed by atoms with van der Waals surface area (Å²) in [5, 5.41) is 11.6. The highest BCUT2D eigenvalue weighted by atomic mass is 32.1. The molecule has 1 aliphatic heterocycles. The van der Waals surface area contributed by atoms with E-state index in [1.165, 1.54) is 24.2 Å². The number of hydrogen-bond acceptors (Lipinski definition) is 4. The molecule has 1 N–H and O–H groups in total. The van der Waals surface area contributed by atoms with E-state index >= 15 is 0 Å². The third-order valence-corrected chi connectivity index (χ3v) is 6.65. The maximum Gasteiger partial charge on any atom is 0.355 e. The van der Waals surface area contributed by atoms with Crippen molar-refractivity contribution in [1.29, 1.82) is 0 Å². The second-order valence-electron chi connectivity index (χ2n) is 6.74. The minimum atomic E-state index is -0.910. The summed E-state index contributed by atoms with van der Waals surface area (Å²) in [6.07, 6.45) is 5.12. The molecule has 108 valence electrons. The number of piperidine rings is 1. The van der Waals surface area contributed by atoms with Gasteiger partial charge in [-0.05, 0) is 50.1 Å². The van der Waals surface area contributed by atoms with Gasteiger partial charge in [-0.15, -0.1) is 11.3 Å². The number of nitrogens with zero attached hydrogens (tertiary/aromatic N) is 2. The van der Waals surface area contributed by atoms with Crippen LogP contribution >= 0.6 is 11.3 Å². The molecule has 5 heteroatoms. The molecule has 1 aromatic heterocycles. The lowest BCUT2D eigenvalue weighted by atomic mass is 9.97. The summed E-state index contributed by atoms with van der Waals surface area (Å²) in [4.78, 5) is 17.8. The molecule has 4 nitrogen and oxygen atoms in total. The van der Waals surface area contributed by atoms with Gasteiger partial charge in [0.05, 0.1) is 5.01 Å². The molecule has 2 aliphatic carbocycles. The number of thiazole rings is 1. The summed E-state index contributed by atoms with van der Waals surface area (Å²) >= 11 is 1.51. The van der Waals surface area contributed by atoms with Gasteiger partial charge in [0.2, 0.25) is 0 Å². The number of aromatic nitrogens is 1. The number of carboxylic acid groups (broad SMARTS) is 1. The molecule has 3 fully saturated rings. The van der Waals surface area contributed by atoms with Gasteiger partial charge >= 0.3 is 5.97 Å². The molecule has 1 spiro atoms. The number of aromatic carboxylic acids is 1. The van der Waals surface area contributed by atoms with Gasteiger partial charge in [-0.2, -0.15) is 0 Å². The molecular formula is C15H20N2O2S. The highest BCUT2D eigenvalue weighted by Gasteiger charge is 2.69. The lowest BCUT2D eigenvalue weighted by Gasteiger charge is -2.31. The maximum absolute atomic E-state index is 10.9. The van der Waals surface area contributed by atoms with Gasteiger partial charge in [-0.3, -0.25) is 4.90 Å². The van der Waals surface area contributed by atoms with Crippen LogP contribution in [0.15, 0.2) is 5.38 Å². The molecule has 2 heterocycles. The number of rotatable bonds is 3. The Kier molecular flexibility index (Phi) is 2.73. The van der Waals surface area contributed by atoms with Gasteiger partial charge in [-0.25, -0.2) is 9.78 Å². The van der Waals surface area contributed by atoms with E-state index in [9.17, 15) is 4.79 Å². The molecule has 2 unspecified atom stereocenters. The Balaban J connectivity index is 1.36. The van der Waals surface area contributed by atoms with Crippen molar-refractivity contribution in [3.8, 4) is 0 Å². The van der Waals surface area contributed by atoms with Gasteiger partial charge in [0, 0.05) is 17.3 Å². The summed E-state index contributed by atoms with van der Waals surface area (Å²) in [5.41, 5.74) is 0.921. The first-order valence-corrected chi connectivity index (χ1v) is 8.41. The molecule has 1 aromatic rings. The van der Waals surface area contributed by atoms with Crippen LogP contribution in [0.5, 0.6) is 0 Å². The smallest absolute Gasteiger partial charge is 0.355 e. The lowest BCUT2D eigenvalue weighted by Crippen LogP contribution is -2.35. The molecule has 4 rings (SSSR count). The van der Waals surface area contributed by atoms with Gasteiger partial charge in [0.25, 0.3) is 0 Å². The minimum Gasteiger partial charge on any atom is -0.476 e. The average Bonchev–Trinajstić information content (AvgIpc) is 3.23. The van der Waals surface area contributed by atoms with Crippen molar-refractivity contribution < 1.29 is 9.90 Å². The van der Waals surface area contributed by atoms with E-state index in [1.54, 1.807) is 5.38 Å². The topological polar surface area (TPSA) is 53.4 Å². The number of carboxylic acids is 1. The lowest BCUT2D eigenvalue weighted by molar-refractivity contribution is 0.0691. The summed E-state index contributed by atoms with van der Waals surface area (Å²) < 4.78 is 0. The minimum absolute atomic E-state index is 0.209. The van der Waals surface area contributed by atoms with Crippen LogP contribution in [-0.4, -0.2) is 40.1 Å². The maximum atomic E-state index is 10.9. The number of carbonyl (C=O) groups is 1. The van der Waals surface area contributed by atoms with Gasteiger partial charge in [0.15, 0.2) is 5.69 Å². The highest BCUT2D eigenvalue weighted by molar-refractivity contribution is 7.09. The Morgan fingerprint density at radius 2 is 2.15 bits per heavy atom. The molecule has 0 bridgehead atoms. The second-order valence-corrected chi connectivity index (χ2v) is 7.63. The first-order chi connectivity index (χ1) is 9.60. The summed E-state index contributed by atoms with van der Waals surface area (Å²) in [6, 6.07) is 0.851. The predicted octanol–water partition coefficient (Wildman–Crippen LogP) is 2.82. The Morgan fingerprint density at radius 3 is 2.65 bits per heavy atom. The largest absolute Gasteiger partial charge is 0.476 e. The normalized spacial score (nSPS) is 37.2. The van der Waals surface area contributed by atoms with E-state index in [-0.39, 0.29) is 5.69 Å². The van der Waals surface area contributed by atoms with Crippen LogP contribution in [0.25, 0.3) is 0 Å². The molecular weight excluding hydrogens is 272 g/mol. The van der Waals surface area contributed by atoms with Gasteiger partial charge in [-0.1, -0.05) is 6.92 Å². The first kappa shape index (κ1) is 12.8. The van der Waals surface area contributed by atoms with Crippen LogP contribution < -0.4 is 0 Å². The van der Waals surface area contributed by atoms with Crippen molar-refractivity contribution in [2.45, 2.75) is 44.6 Å². The van der Waals surface area contributed by atoms with Crippen LogP contribution in [0.2, 0.25) is 0 Å². The van der Waals surface area contributed by atoms with E-state index < -0.39 is 5.97 Å². The fourth-order valence-corrected chi connectivity index (χ4v) is 5.05. The quantitative estimate of drug-likeness (QED) is 0.930. The highest BCUT2D eigenvalue weighted by Crippen LogP contribution is 2.72. The average molecular weight is 292 g/mol. The molecule has 0 radical (unpaired) electrons. The van der Waals surface area contributed by atoms with Crippen LogP contribution in [-0.2, 0) is 0 Å². The van der Waals surface area contributed by atoms with E-state index in [1.807, 2.05) is 0 Å². The van der Waals surface area contributed by atoms with Crippen molar-refractivity contribution in [3.63, 3.8) is 0 Å². The Morgan fingerprint density at radius 1 is 1.45 bits per heavy atom. The van der Waals surface area contributed by atoms with Crippen molar-refractivity contribution in [2.75, 3.05) is 13.1 Å². The molecule has 0 aromatic carbocycles. The SMILES string of the molecule is CC1C[C@@]12CC2N1CCC(c2nc(C(=O)O)cs2)CC1. The first-order valence-electron chi connectivity index (χ1n) is 7.53. The molecule has 0 amide bonds. The predicted molar refractivity (Wildman–Crippen MR) is 77.2 cm³/mol. The fraction of sp³-hybridized carbons (Fsp3) is 0.733. The Bertz CT molecular complexity index is 550. The molecule has 3 aliphatic rings. The van der Waals surface area contributed by atoms with E-state index in [2.05, 4.69) is 16.8 Å². The summed E-state index contributed by atoms with van der Waals surface area (Å²) in [7, 11) is 0. The second kappa shape index (κ2) is 4.28. The number of likely N-dealkylation sites (tertiary alicyclic amines) is 1. The monoisotopic (exact) mass is 292 g/mol. The summed E-state index contributed by atoms with van der Waals surface area (Å²) in [5.74, 6) is 0.505. The van der Waals surface area contributed by atoms with E-state index in [4.69, 9.17) is 5.11 Å². The zero-order valence-corrected chi connectivity index (χ0v) is 12.5. The van der Waals surface area contributed by atoms with Crippen LogP contribution in [0, 0.1) is 11.3 Å². The molecule has 1 saturated heterocycles. The zero-order valence-electron chi connectivity index (χ0n) is 11.7. The third-order valence-electron chi connectivity index (χ3n) is 5.65. The molecule has 20 heavy (non-hydrogen) atoms. The third kappa shape index (κ3) is 1.91. The van der Waals surface area contributed by atoms with E-state index in [0.717, 1.165) is 42.9 Å². The van der Waals surface area contributed by atoms with Crippen LogP contribution in [0.3, 0.4) is 0 Å². The van der Waals surface area contributed by atoms with Crippen LogP contribution in [0.1, 0.15) is 54.0 Å². The molecule has 2 saturated carbocycles. The fourth-order valence-electron chi connectivity index (χ4n) is 4.09. The van der Waals surface area contributed by atoms with E-state index in [0.29, 0.717) is 11.3 Å². The van der Waals surface area contributed by atoms with Crippen molar-refractivity contribution >= 4 is 17.3 Å². The molecule has 3 atom stereocenters. The van der Waals surface area contributed by atoms with Crippen molar-refractivity contribution in [1.82, 2.24) is 9.88 Å². The van der Waals surface area contributed by atoms with Gasteiger partial charge in [0.1, 0.15) is 0 Å². The van der Waals surface area contributed by atoms with Crippen molar-refractivity contribution in [3.05, 3.63) is 16.1 Å². The summed E-state index contributed by atoms with van der Waals surface area (Å²) in [6.45, 7) is 4.70. The Labute approximate surface area is 122 Å². The standard InChI is InChI=1S/C15H20N2O2S/c1-9-6-15(9)7-12(15)17-4-2-10(3-5-17)13-16-11(8-20-13)14(18)19/h8-10,12H,2-7H2,1H3,(H,18,19)/t9?,12?,15-/m1/s1. The van der Waals surface area contributed by atoms with Crippen molar-refractivity contribution in [2.24, 2.45) is 11.3 Å². The van der Waals surface area contributed by atoms with Gasteiger partial charge < -0.3 is 5.11 Å². The number of hydrogen-bond donors (Lipinski definition) is 1. The Hall–Kier alpha value is -0.940. The zero-order chi connectivity index (χ0) is 13.9.